The Morgan fingerprint density at radius 1 is 0.288 bits per heavy atom. The predicted octanol–water partition coefficient (Wildman–Crippen LogP) is 21.8. The Morgan fingerprint density at radius 2 is 0.534 bits per heavy atom. The normalized spacial score (nSPS) is 12.3. The number of carbonyl (C=O) groups excluding carboxylic acids is 3. The van der Waals surface area contributed by atoms with Crippen LogP contribution in [-0.4, -0.2) is 37.2 Å². The van der Waals surface area contributed by atoms with E-state index in [1.54, 1.807) is 0 Å². The lowest BCUT2D eigenvalue weighted by Crippen LogP contribution is -2.30. The summed E-state index contributed by atoms with van der Waals surface area (Å²) in [5.41, 5.74) is 0. The summed E-state index contributed by atoms with van der Waals surface area (Å²) in [6.07, 6.45) is 77.0. The summed E-state index contributed by atoms with van der Waals surface area (Å²) in [4.78, 5) is 38.3. The van der Waals surface area contributed by atoms with Gasteiger partial charge in [0.15, 0.2) is 6.10 Å². The summed E-state index contributed by atoms with van der Waals surface area (Å²) < 4.78 is 16.9. The first-order valence-electron chi connectivity index (χ1n) is 32.1. The number of hydrogen-bond donors (Lipinski definition) is 0. The van der Waals surface area contributed by atoms with Crippen LogP contribution in [0.2, 0.25) is 0 Å². The molecule has 0 aromatic carbocycles. The fourth-order valence-corrected chi connectivity index (χ4v) is 9.56. The van der Waals surface area contributed by atoms with Gasteiger partial charge in [-0.05, 0) is 57.8 Å². The molecule has 0 bridgehead atoms. The molecule has 0 saturated heterocycles. The zero-order valence-electron chi connectivity index (χ0n) is 48.9. The maximum atomic E-state index is 12.9. The quantitative estimate of drug-likeness (QED) is 0.0261. The first-order valence-corrected chi connectivity index (χ1v) is 32.1. The Kier molecular flexibility index (Phi) is 59.7. The van der Waals surface area contributed by atoms with Crippen molar-refractivity contribution in [2.75, 3.05) is 13.2 Å². The summed E-state index contributed by atoms with van der Waals surface area (Å²) >= 11 is 0. The van der Waals surface area contributed by atoms with Gasteiger partial charge >= 0.3 is 17.9 Å². The third-order valence-electron chi connectivity index (χ3n) is 14.3. The highest BCUT2D eigenvalue weighted by Crippen LogP contribution is 2.18. The van der Waals surface area contributed by atoms with E-state index in [2.05, 4.69) is 69.4 Å². The first kappa shape index (κ1) is 70.4. The third-order valence-corrected chi connectivity index (χ3v) is 14.3. The Bertz CT molecular complexity index is 1270. The van der Waals surface area contributed by atoms with E-state index in [1.165, 1.54) is 205 Å². The topological polar surface area (TPSA) is 78.9 Å². The van der Waals surface area contributed by atoms with Gasteiger partial charge in [-0.25, -0.2) is 0 Å². The van der Waals surface area contributed by atoms with Gasteiger partial charge in [0.1, 0.15) is 13.2 Å². The number of allylic oxidation sites excluding steroid dienone is 8. The molecule has 0 amide bonds. The van der Waals surface area contributed by atoms with Gasteiger partial charge in [0.05, 0.1) is 0 Å². The van der Waals surface area contributed by atoms with E-state index >= 15 is 0 Å². The lowest BCUT2D eigenvalue weighted by atomic mass is 10.0. The second-order valence-corrected chi connectivity index (χ2v) is 21.7. The average molecular weight is 1020 g/mol. The van der Waals surface area contributed by atoms with Gasteiger partial charge in [-0.2, -0.15) is 0 Å². The van der Waals surface area contributed by atoms with E-state index in [0.717, 1.165) is 96.3 Å². The van der Waals surface area contributed by atoms with Crippen molar-refractivity contribution in [2.24, 2.45) is 0 Å². The minimum absolute atomic E-state index is 0.0785. The molecule has 0 spiro atoms. The van der Waals surface area contributed by atoms with E-state index in [-0.39, 0.29) is 31.1 Å². The van der Waals surface area contributed by atoms with Crippen molar-refractivity contribution in [3.63, 3.8) is 0 Å². The largest absolute Gasteiger partial charge is 0.462 e. The summed E-state index contributed by atoms with van der Waals surface area (Å²) in [5.74, 6) is -0.881. The number of carbonyl (C=O) groups is 3. The van der Waals surface area contributed by atoms with Crippen LogP contribution in [0.1, 0.15) is 342 Å². The Morgan fingerprint density at radius 3 is 0.836 bits per heavy atom. The molecular weight excluding hydrogens is 901 g/mol. The van der Waals surface area contributed by atoms with E-state index in [0.29, 0.717) is 19.3 Å². The Hall–Kier alpha value is -2.63. The molecule has 0 aliphatic heterocycles. The number of ether oxygens (including phenoxy) is 3. The van der Waals surface area contributed by atoms with Crippen LogP contribution in [0, 0.1) is 0 Å². The Balaban J connectivity index is 4.26. The number of hydrogen-bond acceptors (Lipinski definition) is 6. The minimum Gasteiger partial charge on any atom is -0.462 e. The SMILES string of the molecule is CC/C=C\C/C=C\C/C=C\C/C=C\CCCCCCC(=O)OC(COC(=O)CCCCCCCCCCCCCCC)COC(=O)CCCCCCCCCCCCCCCCCCCCCCCCCCC. The maximum Gasteiger partial charge on any atom is 0.306 e. The van der Waals surface area contributed by atoms with Gasteiger partial charge in [0, 0.05) is 19.3 Å². The lowest BCUT2D eigenvalue weighted by Gasteiger charge is -2.18. The molecular formula is C67H122O6. The van der Waals surface area contributed by atoms with Crippen molar-refractivity contribution in [2.45, 2.75) is 348 Å². The van der Waals surface area contributed by atoms with Crippen LogP contribution in [0.15, 0.2) is 48.6 Å². The highest BCUT2D eigenvalue weighted by Gasteiger charge is 2.19. The van der Waals surface area contributed by atoms with Crippen LogP contribution in [0.25, 0.3) is 0 Å². The second kappa shape index (κ2) is 61.9. The van der Waals surface area contributed by atoms with E-state index in [4.69, 9.17) is 14.2 Å². The molecule has 1 atom stereocenters. The van der Waals surface area contributed by atoms with Crippen LogP contribution < -0.4 is 0 Å². The molecule has 0 aromatic rings. The highest BCUT2D eigenvalue weighted by molar-refractivity contribution is 5.71. The molecule has 6 heteroatoms. The minimum atomic E-state index is -0.783. The van der Waals surface area contributed by atoms with Gasteiger partial charge < -0.3 is 14.2 Å². The van der Waals surface area contributed by atoms with Crippen LogP contribution in [-0.2, 0) is 28.6 Å². The van der Waals surface area contributed by atoms with Crippen molar-refractivity contribution in [3.8, 4) is 0 Å². The van der Waals surface area contributed by atoms with Crippen molar-refractivity contribution < 1.29 is 28.6 Å². The molecule has 426 valence electrons. The lowest BCUT2D eigenvalue weighted by molar-refractivity contribution is -0.167. The number of unbranched alkanes of at least 4 members (excludes halogenated alkanes) is 40. The number of esters is 3. The fraction of sp³-hybridized carbons (Fsp3) is 0.836. The van der Waals surface area contributed by atoms with E-state index in [9.17, 15) is 14.4 Å². The zero-order chi connectivity index (χ0) is 52.9. The molecule has 1 unspecified atom stereocenters. The first-order chi connectivity index (χ1) is 36.0. The third kappa shape index (κ3) is 60.1. The summed E-state index contributed by atoms with van der Waals surface area (Å²) in [7, 11) is 0. The van der Waals surface area contributed by atoms with Crippen molar-refractivity contribution >= 4 is 17.9 Å². The van der Waals surface area contributed by atoms with Gasteiger partial charge in [-0.15, -0.1) is 0 Å². The standard InChI is InChI=1S/C67H122O6/c1-4-7-10-13-16-19-22-25-27-29-30-31-32-33-34-35-36-38-39-42-45-48-51-54-57-60-66(69)72-63-64(62-71-65(68)59-56-53-50-47-44-41-24-21-18-15-12-9-6-3)73-67(70)61-58-55-52-49-46-43-40-37-28-26-23-20-17-14-11-8-5-2/h8,11,17,20,26,28,40,43,64H,4-7,9-10,12-16,18-19,21-25,27,29-39,41-42,44-63H2,1-3H3/b11-8-,20-17-,28-26-,43-40-. The molecule has 0 radical (unpaired) electrons. The van der Waals surface area contributed by atoms with E-state index < -0.39 is 6.10 Å². The number of rotatable bonds is 59. The van der Waals surface area contributed by atoms with Crippen molar-refractivity contribution in [1.82, 2.24) is 0 Å². The van der Waals surface area contributed by atoms with Gasteiger partial charge in [-0.3, -0.25) is 14.4 Å². The summed E-state index contributed by atoms with van der Waals surface area (Å²) in [5, 5.41) is 0. The summed E-state index contributed by atoms with van der Waals surface area (Å²) in [6.45, 7) is 6.56. The van der Waals surface area contributed by atoms with Crippen LogP contribution in [0.3, 0.4) is 0 Å². The summed E-state index contributed by atoms with van der Waals surface area (Å²) in [6, 6.07) is 0. The Labute approximate surface area is 454 Å². The monoisotopic (exact) mass is 1020 g/mol. The molecule has 0 heterocycles. The van der Waals surface area contributed by atoms with Gasteiger partial charge in [0.2, 0.25) is 0 Å². The molecule has 6 nitrogen and oxygen atoms in total. The molecule has 0 fully saturated rings. The molecule has 0 aromatic heterocycles. The maximum absolute atomic E-state index is 12.9. The highest BCUT2D eigenvalue weighted by atomic mass is 16.6. The molecule has 0 N–H and O–H groups in total. The van der Waals surface area contributed by atoms with Crippen molar-refractivity contribution in [1.29, 1.82) is 0 Å². The van der Waals surface area contributed by atoms with Crippen LogP contribution in [0.5, 0.6) is 0 Å². The molecule has 0 rings (SSSR count). The van der Waals surface area contributed by atoms with Gasteiger partial charge in [0.25, 0.3) is 0 Å². The zero-order valence-corrected chi connectivity index (χ0v) is 48.9. The van der Waals surface area contributed by atoms with E-state index in [1.807, 2.05) is 0 Å². The molecule has 0 aliphatic carbocycles. The second-order valence-electron chi connectivity index (χ2n) is 21.7. The van der Waals surface area contributed by atoms with Crippen LogP contribution >= 0.6 is 0 Å². The van der Waals surface area contributed by atoms with Gasteiger partial charge in [-0.1, -0.05) is 313 Å². The fourth-order valence-electron chi connectivity index (χ4n) is 9.56. The molecule has 0 saturated carbocycles. The smallest absolute Gasteiger partial charge is 0.306 e. The predicted molar refractivity (Wildman–Crippen MR) is 316 cm³/mol. The van der Waals surface area contributed by atoms with Crippen LogP contribution in [0.4, 0.5) is 0 Å². The van der Waals surface area contributed by atoms with Crippen molar-refractivity contribution in [3.05, 3.63) is 48.6 Å². The molecule has 0 aliphatic rings. The average Bonchev–Trinajstić information content (AvgIpc) is 3.39. The molecule has 73 heavy (non-hydrogen) atoms.